The van der Waals surface area contributed by atoms with Crippen LogP contribution in [-0.4, -0.2) is 0 Å². The molecule has 61 valence electrons. The highest BCUT2D eigenvalue weighted by atomic mass is 19.1. The molecule has 0 spiro atoms. The van der Waals surface area contributed by atoms with Crippen molar-refractivity contribution in [1.82, 2.24) is 0 Å². The first-order valence-corrected chi connectivity index (χ1v) is 3.81. The molecule has 0 aliphatic rings. The Morgan fingerprint density at radius 3 is 2.92 bits per heavy atom. The number of hydrogen-bond donors (Lipinski definition) is 0. The van der Waals surface area contributed by atoms with Crippen LogP contribution in [-0.2, 0) is 0 Å². The third kappa shape index (κ3) is 1.36. The fourth-order valence-electron chi connectivity index (χ4n) is 1.21. The van der Waals surface area contributed by atoms with Crippen LogP contribution < -0.4 is 0 Å². The number of fused-ring (bicyclic) bond motifs is 1. The van der Waals surface area contributed by atoms with Crippen LogP contribution in [0.25, 0.3) is 10.8 Å². The van der Waals surface area contributed by atoms with E-state index in [0.717, 1.165) is 5.39 Å². The Morgan fingerprint density at radius 1 is 1.31 bits per heavy atom. The van der Waals surface area contributed by atoms with E-state index >= 15 is 0 Å². The molecule has 0 amide bonds. The Balaban J connectivity index is 2.75. The van der Waals surface area contributed by atoms with Gasteiger partial charge in [0, 0.05) is 0 Å². The molecule has 2 aromatic carbocycles. The topological polar surface area (TPSA) is 23.8 Å². The lowest BCUT2D eigenvalue weighted by atomic mass is 10.1. The van der Waals surface area contributed by atoms with Crippen molar-refractivity contribution in [2.45, 2.75) is 0 Å². The van der Waals surface area contributed by atoms with Crippen molar-refractivity contribution in [1.29, 1.82) is 5.26 Å². The minimum Gasteiger partial charge on any atom is -0.207 e. The van der Waals surface area contributed by atoms with Crippen molar-refractivity contribution in [2.75, 3.05) is 0 Å². The predicted molar refractivity (Wildman–Crippen MR) is 47.5 cm³/mol. The largest absolute Gasteiger partial charge is 0.207 e. The highest BCUT2D eigenvalue weighted by Gasteiger charge is 1.97. The summed E-state index contributed by atoms with van der Waals surface area (Å²) in [6.07, 6.45) is 0. The standard InChI is InChI=1S/C11H5FN/c12-11-4-3-9-5-8(7-13)1-2-10(9)6-11/h1,3-6H. The van der Waals surface area contributed by atoms with E-state index in [-0.39, 0.29) is 5.82 Å². The van der Waals surface area contributed by atoms with Crippen molar-refractivity contribution in [3.05, 3.63) is 47.8 Å². The average molecular weight is 170 g/mol. The lowest BCUT2D eigenvalue weighted by Crippen LogP contribution is -1.78. The lowest BCUT2D eigenvalue weighted by molar-refractivity contribution is 0.629. The van der Waals surface area contributed by atoms with Crippen LogP contribution in [0.5, 0.6) is 0 Å². The van der Waals surface area contributed by atoms with Crippen LogP contribution in [0.2, 0.25) is 0 Å². The number of nitrogens with zero attached hydrogens (tertiary/aromatic N) is 1. The highest BCUT2D eigenvalue weighted by molar-refractivity contribution is 5.83. The smallest absolute Gasteiger partial charge is 0.123 e. The molecular weight excluding hydrogens is 165 g/mol. The van der Waals surface area contributed by atoms with E-state index in [1.807, 2.05) is 6.07 Å². The van der Waals surface area contributed by atoms with Crippen LogP contribution in [0.3, 0.4) is 0 Å². The molecule has 0 N–H and O–H groups in total. The second-order valence-corrected chi connectivity index (χ2v) is 2.73. The molecule has 0 aliphatic carbocycles. The molecular formula is C11H5FN. The van der Waals surface area contributed by atoms with Crippen molar-refractivity contribution in [3.63, 3.8) is 0 Å². The summed E-state index contributed by atoms with van der Waals surface area (Å²) < 4.78 is 12.7. The van der Waals surface area contributed by atoms with Gasteiger partial charge in [-0.15, -0.1) is 0 Å². The van der Waals surface area contributed by atoms with Crippen molar-refractivity contribution in [2.24, 2.45) is 0 Å². The molecule has 0 unspecified atom stereocenters. The van der Waals surface area contributed by atoms with Crippen LogP contribution in [0.4, 0.5) is 4.39 Å². The average Bonchev–Trinajstić information content (AvgIpc) is 2.17. The fraction of sp³-hybridized carbons (Fsp3) is 0. The van der Waals surface area contributed by atoms with E-state index in [1.54, 1.807) is 18.2 Å². The van der Waals surface area contributed by atoms with Gasteiger partial charge in [-0.05, 0) is 41.1 Å². The zero-order chi connectivity index (χ0) is 9.26. The Kier molecular flexibility index (Phi) is 1.71. The Bertz CT molecular complexity index is 497. The minimum absolute atomic E-state index is 0.284. The van der Waals surface area contributed by atoms with Gasteiger partial charge in [-0.3, -0.25) is 0 Å². The zero-order valence-corrected chi connectivity index (χ0v) is 6.71. The molecule has 0 saturated heterocycles. The fourth-order valence-corrected chi connectivity index (χ4v) is 1.21. The molecule has 0 saturated carbocycles. The van der Waals surface area contributed by atoms with Gasteiger partial charge < -0.3 is 0 Å². The van der Waals surface area contributed by atoms with Gasteiger partial charge in [-0.25, -0.2) is 4.39 Å². The molecule has 0 aromatic heterocycles. The number of benzene rings is 2. The molecule has 2 heteroatoms. The van der Waals surface area contributed by atoms with Crippen molar-refractivity contribution >= 4 is 10.8 Å². The highest BCUT2D eigenvalue weighted by Crippen LogP contribution is 2.16. The normalized spacial score (nSPS) is 9.85. The molecule has 2 rings (SSSR count). The number of halogens is 1. The number of hydrogen-bond acceptors (Lipinski definition) is 1. The lowest BCUT2D eigenvalue weighted by Gasteiger charge is -1.96. The van der Waals surface area contributed by atoms with Gasteiger partial charge in [0.2, 0.25) is 0 Å². The molecule has 2 aromatic rings. The van der Waals surface area contributed by atoms with Gasteiger partial charge in [0.25, 0.3) is 0 Å². The van der Waals surface area contributed by atoms with Gasteiger partial charge in [-0.2, -0.15) is 5.26 Å². The van der Waals surface area contributed by atoms with Crippen LogP contribution in [0.1, 0.15) is 5.56 Å². The Morgan fingerprint density at radius 2 is 2.15 bits per heavy atom. The van der Waals surface area contributed by atoms with Gasteiger partial charge in [0.05, 0.1) is 11.6 Å². The summed E-state index contributed by atoms with van der Waals surface area (Å²) in [6.45, 7) is 0. The third-order valence-corrected chi connectivity index (χ3v) is 1.84. The predicted octanol–water partition coefficient (Wildman–Crippen LogP) is 2.65. The van der Waals surface area contributed by atoms with E-state index < -0.39 is 0 Å². The van der Waals surface area contributed by atoms with E-state index in [1.165, 1.54) is 12.1 Å². The third-order valence-electron chi connectivity index (χ3n) is 1.84. The first-order chi connectivity index (χ1) is 6.29. The molecule has 13 heavy (non-hydrogen) atoms. The SMILES string of the molecule is N#Cc1c[c]c2cc(F)ccc2c1. The second kappa shape index (κ2) is 2.87. The molecule has 0 fully saturated rings. The summed E-state index contributed by atoms with van der Waals surface area (Å²) in [5, 5.41) is 10.1. The van der Waals surface area contributed by atoms with Gasteiger partial charge in [-0.1, -0.05) is 6.07 Å². The molecule has 0 atom stereocenters. The Labute approximate surface area is 75.0 Å². The first-order valence-electron chi connectivity index (χ1n) is 3.81. The van der Waals surface area contributed by atoms with Gasteiger partial charge in [0.15, 0.2) is 0 Å². The van der Waals surface area contributed by atoms with Crippen molar-refractivity contribution < 1.29 is 4.39 Å². The summed E-state index contributed by atoms with van der Waals surface area (Å²) in [7, 11) is 0. The molecule has 0 bridgehead atoms. The summed E-state index contributed by atoms with van der Waals surface area (Å²) in [4.78, 5) is 0. The van der Waals surface area contributed by atoms with Crippen LogP contribution in [0, 0.1) is 23.2 Å². The molecule has 0 aliphatic heterocycles. The van der Waals surface area contributed by atoms with E-state index in [2.05, 4.69) is 6.07 Å². The molecule has 0 heterocycles. The van der Waals surface area contributed by atoms with Crippen LogP contribution in [0.15, 0.2) is 30.3 Å². The molecule has 1 radical (unpaired) electrons. The summed E-state index contributed by atoms with van der Waals surface area (Å²) in [6, 6.07) is 12.5. The Hall–Kier alpha value is -1.88. The molecule has 1 nitrogen and oxygen atoms in total. The van der Waals surface area contributed by atoms with Crippen molar-refractivity contribution in [3.8, 4) is 6.07 Å². The van der Waals surface area contributed by atoms with Gasteiger partial charge in [0.1, 0.15) is 5.82 Å². The second-order valence-electron chi connectivity index (χ2n) is 2.73. The zero-order valence-electron chi connectivity index (χ0n) is 6.71. The number of nitriles is 1. The maximum absolute atomic E-state index is 12.7. The monoisotopic (exact) mass is 170 g/mol. The van der Waals surface area contributed by atoms with E-state index in [4.69, 9.17) is 5.26 Å². The maximum Gasteiger partial charge on any atom is 0.123 e. The van der Waals surface area contributed by atoms with Crippen LogP contribution >= 0.6 is 0 Å². The summed E-state index contributed by atoms with van der Waals surface area (Å²) in [5.41, 5.74) is 0.541. The van der Waals surface area contributed by atoms with Gasteiger partial charge >= 0.3 is 0 Å². The first kappa shape index (κ1) is 7.75. The number of rotatable bonds is 0. The van der Waals surface area contributed by atoms with E-state index in [9.17, 15) is 4.39 Å². The minimum atomic E-state index is -0.284. The maximum atomic E-state index is 12.7. The summed E-state index contributed by atoms with van der Waals surface area (Å²) >= 11 is 0. The van der Waals surface area contributed by atoms with E-state index in [0.29, 0.717) is 10.9 Å². The summed E-state index contributed by atoms with van der Waals surface area (Å²) in [5.74, 6) is -0.284. The quantitative estimate of drug-likeness (QED) is 0.596.